The van der Waals surface area contributed by atoms with Crippen LogP contribution in [0.15, 0.2) is 0 Å². The highest BCUT2D eigenvalue weighted by Gasteiger charge is 2.42. The Morgan fingerprint density at radius 2 is 2.06 bits per heavy atom. The van der Waals surface area contributed by atoms with Crippen LogP contribution in [0.4, 0.5) is 4.79 Å². The zero-order valence-corrected chi connectivity index (χ0v) is 11.9. The van der Waals surface area contributed by atoms with Crippen molar-refractivity contribution in [3.8, 4) is 0 Å². The molecular weight excluding hydrogens is 262 g/mol. The lowest BCUT2D eigenvalue weighted by Crippen LogP contribution is -2.45. The van der Waals surface area contributed by atoms with Gasteiger partial charge in [0.2, 0.25) is 0 Å². The average Bonchev–Trinajstić information content (AvgIpc) is 2.66. The van der Waals surface area contributed by atoms with Crippen LogP contribution in [0, 0.1) is 5.92 Å². The lowest BCUT2D eigenvalue weighted by molar-refractivity contribution is 0.0277. The van der Waals surface area contributed by atoms with Crippen molar-refractivity contribution in [2.45, 2.75) is 43.7 Å². The van der Waals surface area contributed by atoms with E-state index in [1.165, 1.54) is 32.8 Å². The Bertz CT molecular complexity index is 269. The van der Waals surface area contributed by atoms with E-state index < -0.39 is 6.16 Å². The average molecular weight is 282 g/mol. The first-order valence-corrected chi connectivity index (χ1v) is 6.78. The van der Waals surface area contributed by atoms with Gasteiger partial charge in [-0.2, -0.15) is 0 Å². The Morgan fingerprint density at radius 1 is 1.41 bits per heavy atom. The minimum atomic E-state index is -0.598. The number of methoxy groups -OCH3 is 1. The molecular formula is C11H20ClNO3S. The number of thioether (sulfide) groups is 1. The van der Waals surface area contributed by atoms with E-state index >= 15 is 0 Å². The Morgan fingerprint density at radius 3 is 2.65 bits per heavy atom. The maximum Gasteiger partial charge on any atom is 0.509 e. The number of hydrogen-bond donors (Lipinski definition) is 1. The van der Waals surface area contributed by atoms with E-state index in [0.29, 0.717) is 0 Å². The van der Waals surface area contributed by atoms with Crippen molar-refractivity contribution in [1.82, 2.24) is 5.32 Å². The van der Waals surface area contributed by atoms with Crippen molar-refractivity contribution in [1.29, 1.82) is 0 Å². The number of halogens is 1. The van der Waals surface area contributed by atoms with Gasteiger partial charge in [-0.1, -0.05) is 6.92 Å². The van der Waals surface area contributed by atoms with Crippen LogP contribution in [-0.4, -0.2) is 30.1 Å². The van der Waals surface area contributed by atoms with E-state index in [2.05, 4.69) is 17.0 Å². The van der Waals surface area contributed by atoms with Crippen LogP contribution in [0.5, 0.6) is 0 Å². The highest BCUT2D eigenvalue weighted by Crippen LogP contribution is 2.43. The van der Waals surface area contributed by atoms with E-state index in [4.69, 9.17) is 4.74 Å². The predicted molar refractivity (Wildman–Crippen MR) is 70.5 cm³/mol. The molecule has 0 aromatic heterocycles. The molecule has 1 unspecified atom stereocenters. The van der Waals surface area contributed by atoms with Gasteiger partial charge in [-0.3, -0.25) is 5.32 Å². The molecule has 1 aliphatic carbocycles. The number of hydrogen-bond acceptors (Lipinski definition) is 5. The minimum Gasteiger partial charge on any atom is -0.438 e. The van der Waals surface area contributed by atoms with Crippen molar-refractivity contribution < 1.29 is 14.3 Å². The molecule has 1 aliphatic heterocycles. The summed E-state index contributed by atoms with van der Waals surface area (Å²) in [5.74, 6) is 1.65. The molecule has 1 spiro atoms. The van der Waals surface area contributed by atoms with Crippen molar-refractivity contribution >= 4 is 30.3 Å². The van der Waals surface area contributed by atoms with Crippen LogP contribution < -0.4 is 5.32 Å². The van der Waals surface area contributed by atoms with E-state index in [1.54, 1.807) is 0 Å². The van der Waals surface area contributed by atoms with Gasteiger partial charge < -0.3 is 9.47 Å². The second-order valence-electron chi connectivity index (χ2n) is 4.69. The molecule has 2 rings (SSSR count). The summed E-state index contributed by atoms with van der Waals surface area (Å²) in [7, 11) is 1.34. The SMILES string of the molecule is COC(=O)OC1CSC2(CCC(C)CC2)N1.Cl. The van der Waals surface area contributed by atoms with Gasteiger partial charge in [0.15, 0.2) is 6.23 Å². The van der Waals surface area contributed by atoms with E-state index in [-0.39, 0.29) is 23.5 Å². The quantitative estimate of drug-likeness (QED) is 0.749. The second kappa shape index (κ2) is 6.16. The Hall–Kier alpha value is -0.130. The van der Waals surface area contributed by atoms with Gasteiger partial charge in [0.25, 0.3) is 0 Å². The summed E-state index contributed by atoms with van der Waals surface area (Å²) in [4.78, 5) is 11.1. The third-order valence-corrected chi connectivity index (χ3v) is 4.97. The fourth-order valence-electron chi connectivity index (χ4n) is 2.36. The van der Waals surface area contributed by atoms with E-state index in [1.807, 2.05) is 11.8 Å². The summed E-state index contributed by atoms with van der Waals surface area (Å²) in [6.45, 7) is 2.30. The van der Waals surface area contributed by atoms with Gasteiger partial charge in [0.05, 0.1) is 12.0 Å². The van der Waals surface area contributed by atoms with Gasteiger partial charge in [0.1, 0.15) is 0 Å². The van der Waals surface area contributed by atoms with Crippen LogP contribution in [0.3, 0.4) is 0 Å². The number of nitrogens with one attached hydrogen (secondary N) is 1. The summed E-state index contributed by atoms with van der Waals surface area (Å²) in [6, 6.07) is 0. The smallest absolute Gasteiger partial charge is 0.438 e. The molecule has 0 amide bonds. The van der Waals surface area contributed by atoms with E-state index in [0.717, 1.165) is 11.7 Å². The molecule has 0 aromatic rings. The fraction of sp³-hybridized carbons (Fsp3) is 0.909. The zero-order chi connectivity index (χ0) is 11.6. The first-order chi connectivity index (χ1) is 7.63. The van der Waals surface area contributed by atoms with Crippen LogP contribution in [-0.2, 0) is 9.47 Å². The predicted octanol–water partition coefficient (Wildman–Crippen LogP) is 2.76. The van der Waals surface area contributed by atoms with Crippen molar-refractivity contribution in [2.24, 2.45) is 5.92 Å². The summed E-state index contributed by atoms with van der Waals surface area (Å²) in [5.41, 5.74) is 0. The molecule has 1 N–H and O–H groups in total. The normalized spacial score (nSPS) is 36.4. The van der Waals surface area contributed by atoms with Crippen LogP contribution in [0.2, 0.25) is 0 Å². The maximum atomic E-state index is 11.0. The number of rotatable bonds is 1. The molecule has 1 atom stereocenters. The van der Waals surface area contributed by atoms with Crippen LogP contribution in [0.1, 0.15) is 32.6 Å². The third kappa shape index (κ3) is 3.66. The van der Waals surface area contributed by atoms with Crippen molar-refractivity contribution in [2.75, 3.05) is 12.9 Å². The molecule has 2 aliphatic rings. The molecule has 100 valence electrons. The molecule has 1 heterocycles. The largest absolute Gasteiger partial charge is 0.509 e. The van der Waals surface area contributed by atoms with Crippen LogP contribution >= 0.6 is 24.2 Å². The number of ether oxygens (including phenoxy) is 2. The molecule has 1 saturated carbocycles. The molecule has 0 bridgehead atoms. The molecule has 4 nitrogen and oxygen atoms in total. The summed E-state index contributed by atoms with van der Waals surface area (Å²) >= 11 is 1.88. The molecule has 0 radical (unpaired) electrons. The van der Waals surface area contributed by atoms with Gasteiger partial charge in [-0.25, -0.2) is 4.79 Å². The van der Waals surface area contributed by atoms with Crippen LogP contribution in [0.25, 0.3) is 0 Å². The zero-order valence-electron chi connectivity index (χ0n) is 10.2. The Labute approximate surface area is 113 Å². The van der Waals surface area contributed by atoms with Crippen molar-refractivity contribution in [3.63, 3.8) is 0 Å². The maximum absolute atomic E-state index is 11.0. The lowest BCUT2D eigenvalue weighted by atomic mass is 9.87. The summed E-state index contributed by atoms with van der Waals surface area (Å²) in [6.07, 6.45) is 4.06. The topological polar surface area (TPSA) is 47.6 Å². The van der Waals surface area contributed by atoms with Gasteiger partial charge in [-0.15, -0.1) is 24.2 Å². The summed E-state index contributed by atoms with van der Waals surface area (Å²) in [5, 5.41) is 3.43. The van der Waals surface area contributed by atoms with E-state index in [9.17, 15) is 4.79 Å². The standard InChI is InChI=1S/C11H19NO3S.ClH/c1-8-3-5-11(6-4-8)12-9(7-16-11)15-10(13)14-2;/h8-9,12H,3-7H2,1-2H3;1H. The fourth-order valence-corrected chi connectivity index (χ4v) is 3.72. The van der Waals surface area contributed by atoms with Gasteiger partial charge >= 0.3 is 6.16 Å². The molecule has 2 fully saturated rings. The third-order valence-electron chi connectivity index (χ3n) is 3.42. The first-order valence-electron chi connectivity index (χ1n) is 5.80. The Balaban J connectivity index is 0.00000144. The first kappa shape index (κ1) is 14.9. The van der Waals surface area contributed by atoms with Gasteiger partial charge in [-0.05, 0) is 31.6 Å². The number of carbonyl (C=O) groups is 1. The van der Waals surface area contributed by atoms with Crippen molar-refractivity contribution in [3.05, 3.63) is 0 Å². The summed E-state index contributed by atoms with van der Waals surface area (Å²) < 4.78 is 9.62. The molecule has 0 aromatic carbocycles. The molecule has 17 heavy (non-hydrogen) atoms. The molecule has 6 heteroatoms. The highest BCUT2D eigenvalue weighted by molar-refractivity contribution is 8.00. The minimum absolute atomic E-state index is 0. The highest BCUT2D eigenvalue weighted by atomic mass is 35.5. The molecule has 1 saturated heterocycles. The second-order valence-corrected chi connectivity index (χ2v) is 6.10. The monoisotopic (exact) mass is 281 g/mol. The Kier molecular flexibility index (Phi) is 5.41. The lowest BCUT2D eigenvalue weighted by Gasteiger charge is -2.35. The van der Waals surface area contributed by atoms with Gasteiger partial charge in [0, 0.05) is 5.75 Å². The number of carbonyl (C=O) groups excluding carboxylic acids is 1.